The zero-order valence-electron chi connectivity index (χ0n) is 13.7. The number of hydrogen-bond donors (Lipinski definition) is 2. The van der Waals surface area contributed by atoms with Crippen LogP contribution in [0.2, 0.25) is 5.02 Å². The lowest BCUT2D eigenvalue weighted by Crippen LogP contribution is -2.25. The zero-order valence-corrected chi connectivity index (χ0v) is 15.3. The van der Waals surface area contributed by atoms with E-state index in [1.165, 1.54) is 12.1 Å². The summed E-state index contributed by atoms with van der Waals surface area (Å²) in [5, 5.41) is 3.15. The van der Waals surface area contributed by atoms with E-state index >= 15 is 0 Å². The summed E-state index contributed by atoms with van der Waals surface area (Å²) in [6.45, 7) is 1.83. The van der Waals surface area contributed by atoms with Crippen molar-refractivity contribution in [1.29, 1.82) is 0 Å². The van der Waals surface area contributed by atoms with Crippen LogP contribution in [0.4, 0.5) is 5.69 Å². The fourth-order valence-electron chi connectivity index (χ4n) is 2.70. The molecule has 1 amide bonds. The molecule has 0 heterocycles. The van der Waals surface area contributed by atoms with Gasteiger partial charge in [0, 0.05) is 24.1 Å². The first-order valence-electron chi connectivity index (χ1n) is 8.07. The summed E-state index contributed by atoms with van der Waals surface area (Å²) in [4.78, 5) is 11.5. The van der Waals surface area contributed by atoms with Gasteiger partial charge < -0.3 is 5.32 Å². The molecule has 2 atom stereocenters. The molecule has 5 nitrogen and oxygen atoms in total. The number of amides is 1. The molecule has 0 unspecified atom stereocenters. The number of benzene rings is 2. The highest BCUT2D eigenvalue weighted by Gasteiger charge is 2.39. The molecule has 1 fully saturated rings. The average Bonchev–Trinajstić information content (AvgIpc) is 3.34. The maximum absolute atomic E-state index is 12.4. The molecule has 0 aromatic heterocycles. The van der Waals surface area contributed by atoms with Crippen molar-refractivity contribution in [2.45, 2.75) is 36.6 Å². The Hall–Kier alpha value is -2.05. The van der Waals surface area contributed by atoms with Crippen LogP contribution in [-0.2, 0) is 14.8 Å². The minimum atomic E-state index is -3.73. The number of nitrogens with one attached hydrogen (secondary N) is 2. The van der Waals surface area contributed by atoms with Crippen LogP contribution in [0.15, 0.2) is 53.4 Å². The van der Waals surface area contributed by atoms with Crippen molar-refractivity contribution in [3.63, 3.8) is 0 Å². The molecule has 1 saturated carbocycles. The lowest BCUT2D eigenvalue weighted by molar-refractivity contribution is -0.120. The topological polar surface area (TPSA) is 75.3 Å². The minimum absolute atomic E-state index is 0.0466. The number of carbonyl (C=O) groups is 1. The molecule has 25 heavy (non-hydrogen) atoms. The third kappa shape index (κ3) is 4.14. The summed E-state index contributed by atoms with van der Waals surface area (Å²) >= 11 is 5.97. The maximum atomic E-state index is 12.4. The van der Waals surface area contributed by atoms with Crippen LogP contribution < -0.4 is 10.0 Å². The van der Waals surface area contributed by atoms with E-state index in [9.17, 15) is 13.2 Å². The summed E-state index contributed by atoms with van der Waals surface area (Å²) < 4.78 is 27.4. The predicted octanol–water partition coefficient (Wildman–Crippen LogP) is 3.52. The van der Waals surface area contributed by atoms with Crippen LogP contribution in [-0.4, -0.2) is 20.4 Å². The van der Waals surface area contributed by atoms with Gasteiger partial charge in [-0.3, -0.25) is 9.52 Å². The first-order chi connectivity index (χ1) is 11.9. The van der Waals surface area contributed by atoms with Crippen molar-refractivity contribution in [3.8, 4) is 0 Å². The van der Waals surface area contributed by atoms with Gasteiger partial charge in [0.1, 0.15) is 4.90 Å². The molecular formula is C18H19ClN2O3S. The Kier molecular flexibility index (Phi) is 5.01. The van der Waals surface area contributed by atoms with E-state index < -0.39 is 10.0 Å². The molecule has 1 aliphatic rings. The first kappa shape index (κ1) is 17.8. The quantitative estimate of drug-likeness (QED) is 0.807. The van der Waals surface area contributed by atoms with Crippen molar-refractivity contribution in [2.24, 2.45) is 0 Å². The fraction of sp³-hybridized carbons (Fsp3) is 0.278. The normalized spacial score (nSPS) is 19.3. The molecule has 132 valence electrons. The van der Waals surface area contributed by atoms with Gasteiger partial charge in [-0.15, -0.1) is 0 Å². The van der Waals surface area contributed by atoms with Crippen LogP contribution in [0.25, 0.3) is 0 Å². The van der Waals surface area contributed by atoms with Crippen molar-refractivity contribution in [3.05, 3.63) is 59.1 Å². The largest absolute Gasteiger partial charge is 0.353 e. The monoisotopic (exact) mass is 378 g/mol. The Balaban J connectivity index is 1.68. The van der Waals surface area contributed by atoms with Crippen molar-refractivity contribution < 1.29 is 13.2 Å². The summed E-state index contributed by atoms with van der Waals surface area (Å²) in [6.07, 6.45) is 1.39. The molecule has 0 bridgehead atoms. The van der Waals surface area contributed by atoms with Crippen LogP contribution in [0.3, 0.4) is 0 Å². The molecule has 2 N–H and O–H groups in total. The summed E-state index contributed by atoms with van der Waals surface area (Å²) in [5.74, 6) is 0.348. The third-order valence-corrected chi connectivity index (χ3v) is 6.06. The number of carbonyl (C=O) groups excluding carboxylic acids is 1. The maximum Gasteiger partial charge on any atom is 0.263 e. The molecule has 3 rings (SSSR count). The van der Waals surface area contributed by atoms with E-state index in [1.807, 2.05) is 19.1 Å². The number of hydrogen-bond acceptors (Lipinski definition) is 3. The van der Waals surface area contributed by atoms with Gasteiger partial charge in [-0.1, -0.05) is 42.8 Å². The summed E-state index contributed by atoms with van der Waals surface area (Å²) in [7, 11) is -3.73. The van der Waals surface area contributed by atoms with Gasteiger partial charge in [0.2, 0.25) is 5.91 Å². The summed E-state index contributed by atoms with van der Waals surface area (Å²) in [6, 6.07) is 13.7. The Morgan fingerprint density at radius 3 is 2.48 bits per heavy atom. The van der Waals surface area contributed by atoms with Crippen molar-refractivity contribution in [1.82, 2.24) is 5.32 Å². The van der Waals surface area contributed by atoms with Crippen LogP contribution >= 0.6 is 11.6 Å². The van der Waals surface area contributed by atoms with Gasteiger partial charge in [-0.2, -0.15) is 0 Å². The van der Waals surface area contributed by atoms with Crippen molar-refractivity contribution >= 4 is 33.2 Å². The second-order valence-corrected chi connectivity index (χ2v) is 8.09. The van der Waals surface area contributed by atoms with E-state index in [1.54, 1.807) is 24.3 Å². The summed E-state index contributed by atoms with van der Waals surface area (Å²) in [5.41, 5.74) is 1.56. The van der Waals surface area contributed by atoms with Gasteiger partial charge in [-0.25, -0.2) is 8.42 Å². The van der Waals surface area contributed by atoms with Crippen LogP contribution in [0.1, 0.15) is 31.2 Å². The van der Waals surface area contributed by atoms with Crippen LogP contribution in [0, 0.1) is 0 Å². The number of anilines is 1. The average molecular weight is 379 g/mol. The highest BCUT2D eigenvalue weighted by atomic mass is 35.5. The SMILES string of the molecule is CCC(=O)N[C@@H]1C[C@@H]1c1ccc(NS(=O)(=O)c2ccccc2Cl)cc1. The van der Waals surface area contributed by atoms with E-state index in [0.717, 1.165) is 12.0 Å². The second kappa shape index (κ2) is 7.06. The molecule has 2 aromatic carbocycles. The molecule has 7 heteroatoms. The van der Waals surface area contributed by atoms with E-state index in [4.69, 9.17) is 11.6 Å². The fourth-order valence-corrected chi connectivity index (χ4v) is 4.28. The van der Waals surface area contributed by atoms with E-state index in [-0.39, 0.29) is 21.9 Å². The minimum Gasteiger partial charge on any atom is -0.353 e. The highest BCUT2D eigenvalue weighted by Crippen LogP contribution is 2.41. The number of rotatable bonds is 6. The molecule has 1 aliphatic carbocycles. The Morgan fingerprint density at radius 1 is 1.16 bits per heavy atom. The van der Waals surface area contributed by atoms with Gasteiger partial charge in [0.15, 0.2) is 0 Å². The lowest BCUT2D eigenvalue weighted by atomic mass is 10.1. The Bertz CT molecular complexity index is 881. The predicted molar refractivity (Wildman–Crippen MR) is 98.3 cm³/mol. The molecule has 0 saturated heterocycles. The van der Waals surface area contributed by atoms with Crippen molar-refractivity contribution in [2.75, 3.05) is 4.72 Å². The van der Waals surface area contributed by atoms with Gasteiger partial charge in [0.25, 0.3) is 10.0 Å². The molecule has 0 aliphatic heterocycles. The molecule has 0 radical (unpaired) electrons. The second-order valence-electron chi connectivity index (χ2n) is 6.03. The smallest absolute Gasteiger partial charge is 0.263 e. The Labute approximate surface area is 152 Å². The Morgan fingerprint density at radius 2 is 1.84 bits per heavy atom. The van der Waals surface area contributed by atoms with Crippen LogP contribution in [0.5, 0.6) is 0 Å². The third-order valence-electron chi connectivity index (χ3n) is 4.18. The van der Waals surface area contributed by atoms with Gasteiger partial charge in [-0.05, 0) is 36.2 Å². The molecule has 2 aromatic rings. The van der Waals surface area contributed by atoms with E-state index in [2.05, 4.69) is 10.0 Å². The van der Waals surface area contributed by atoms with E-state index in [0.29, 0.717) is 18.0 Å². The standard InChI is InChI=1S/C18H19ClN2O3S/c1-2-18(22)20-16-11-14(16)12-7-9-13(10-8-12)21-25(23,24)17-6-4-3-5-15(17)19/h3-10,14,16,21H,2,11H2,1H3,(H,20,22)/t14-,16-/m1/s1. The molecular weight excluding hydrogens is 360 g/mol. The number of sulfonamides is 1. The number of halogens is 1. The van der Waals surface area contributed by atoms with Gasteiger partial charge >= 0.3 is 0 Å². The highest BCUT2D eigenvalue weighted by molar-refractivity contribution is 7.92. The molecule has 0 spiro atoms. The van der Waals surface area contributed by atoms with Gasteiger partial charge in [0.05, 0.1) is 5.02 Å². The zero-order chi connectivity index (χ0) is 18.0. The first-order valence-corrected chi connectivity index (χ1v) is 9.93. The lowest BCUT2D eigenvalue weighted by Gasteiger charge is -2.10.